The van der Waals surface area contributed by atoms with E-state index in [-0.39, 0.29) is 37.7 Å². The summed E-state index contributed by atoms with van der Waals surface area (Å²) >= 11 is 6.15. The summed E-state index contributed by atoms with van der Waals surface area (Å²) in [6.45, 7) is 4.17. The van der Waals surface area contributed by atoms with Crippen LogP contribution in [0.3, 0.4) is 0 Å². The van der Waals surface area contributed by atoms with Gasteiger partial charge in [0.25, 0.3) is 0 Å². The lowest BCUT2D eigenvalue weighted by Gasteiger charge is -2.31. The van der Waals surface area contributed by atoms with Crippen LogP contribution in [0, 0.1) is 13.8 Å². The van der Waals surface area contributed by atoms with Crippen molar-refractivity contribution >= 4 is 39.1 Å². The molecule has 39 heavy (non-hydrogen) atoms. The number of likely N-dealkylation sites (N-methyl/N-ethyl adjacent to an activating group) is 1. The first-order valence-electron chi connectivity index (χ1n) is 12.8. The molecule has 208 valence electrons. The zero-order chi connectivity index (χ0) is 28.6. The van der Waals surface area contributed by atoms with E-state index in [9.17, 15) is 18.0 Å². The van der Waals surface area contributed by atoms with Crippen LogP contribution in [-0.4, -0.2) is 51.0 Å². The highest BCUT2D eigenvalue weighted by Gasteiger charge is 2.30. The molecule has 3 aromatic rings. The number of hydrogen-bond donors (Lipinski definition) is 1. The van der Waals surface area contributed by atoms with E-state index >= 15 is 0 Å². The molecule has 0 aliphatic heterocycles. The summed E-state index contributed by atoms with van der Waals surface area (Å²) in [5, 5.41) is 3.14. The zero-order valence-electron chi connectivity index (χ0n) is 22.9. The third-order valence-electron chi connectivity index (χ3n) is 6.58. The number of nitrogens with one attached hydrogen (secondary N) is 1. The lowest BCUT2D eigenvalue weighted by Crippen LogP contribution is -2.49. The summed E-state index contributed by atoms with van der Waals surface area (Å²) in [5.74, 6) is -0.483. The van der Waals surface area contributed by atoms with Gasteiger partial charge in [-0.05, 0) is 49.1 Å². The van der Waals surface area contributed by atoms with E-state index in [1.807, 2.05) is 68.4 Å². The average molecular weight is 570 g/mol. The molecule has 0 spiro atoms. The highest BCUT2D eigenvalue weighted by molar-refractivity contribution is 7.92. The van der Waals surface area contributed by atoms with Gasteiger partial charge in [0.1, 0.15) is 6.04 Å². The predicted octanol–water partition coefficient (Wildman–Crippen LogP) is 4.89. The van der Waals surface area contributed by atoms with Crippen molar-refractivity contribution in [2.24, 2.45) is 0 Å². The van der Waals surface area contributed by atoms with Gasteiger partial charge in [-0.15, -0.1) is 0 Å². The van der Waals surface area contributed by atoms with Gasteiger partial charge in [-0.3, -0.25) is 13.9 Å². The first-order valence-corrected chi connectivity index (χ1v) is 15.1. The van der Waals surface area contributed by atoms with E-state index in [4.69, 9.17) is 11.6 Å². The number of aryl methyl sites for hydroxylation is 2. The molecule has 3 rings (SSSR count). The van der Waals surface area contributed by atoms with Crippen molar-refractivity contribution in [2.75, 3.05) is 24.2 Å². The van der Waals surface area contributed by atoms with E-state index in [0.717, 1.165) is 28.5 Å². The van der Waals surface area contributed by atoms with Crippen molar-refractivity contribution in [3.05, 3.63) is 100 Å². The number of nitrogens with zero attached hydrogens (tertiary/aromatic N) is 2. The van der Waals surface area contributed by atoms with Crippen molar-refractivity contribution in [3.63, 3.8) is 0 Å². The van der Waals surface area contributed by atoms with E-state index in [1.165, 1.54) is 4.31 Å². The monoisotopic (exact) mass is 569 g/mol. The van der Waals surface area contributed by atoms with E-state index in [0.29, 0.717) is 17.1 Å². The number of carbonyl (C=O) groups is 2. The smallest absolute Gasteiger partial charge is 0.242 e. The normalized spacial score (nSPS) is 12.0. The van der Waals surface area contributed by atoms with Crippen LogP contribution < -0.4 is 9.62 Å². The molecule has 1 atom stereocenters. The standard InChI is InChI=1S/C30H36ClN3O4S/c1-22-12-15-25(16-13-22)21-33(28(30(36)32-3)19-24-9-6-5-7-10-24)29(35)11-8-18-34(39(4,37)38)27-20-26(31)17-14-23(27)2/h5-7,9-10,12-17,20,28H,8,11,18-19,21H2,1-4H3,(H,32,36)/t28-/m1/s1. The number of benzene rings is 3. The van der Waals surface area contributed by atoms with Crippen molar-refractivity contribution in [2.45, 2.75) is 45.7 Å². The molecule has 0 aliphatic rings. The molecule has 1 N–H and O–H groups in total. The third-order valence-corrected chi connectivity index (χ3v) is 8.00. The summed E-state index contributed by atoms with van der Waals surface area (Å²) in [7, 11) is -2.06. The first kappa shape index (κ1) is 30.2. The van der Waals surface area contributed by atoms with Gasteiger partial charge in [0, 0.05) is 38.0 Å². The summed E-state index contributed by atoms with van der Waals surface area (Å²) < 4.78 is 26.6. The molecule has 0 heterocycles. The molecular weight excluding hydrogens is 534 g/mol. The third kappa shape index (κ3) is 8.57. The molecular formula is C30H36ClN3O4S. The molecule has 3 aromatic carbocycles. The largest absolute Gasteiger partial charge is 0.357 e. The quantitative estimate of drug-likeness (QED) is 0.336. The minimum absolute atomic E-state index is 0.0692. The van der Waals surface area contributed by atoms with Gasteiger partial charge in [0.15, 0.2) is 0 Å². The maximum atomic E-state index is 13.7. The van der Waals surface area contributed by atoms with Gasteiger partial charge in [-0.25, -0.2) is 8.42 Å². The number of halogens is 1. The molecule has 0 saturated heterocycles. The topological polar surface area (TPSA) is 86.8 Å². The Kier molecular flexibility index (Phi) is 10.5. The second-order valence-corrected chi connectivity index (χ2v) is 12.0. The van der Waals surface area contributed by atoms with Crippen LogP contribution in [0.4, 0.5) is 5.69 Å². The van der Waals surface area contributed by atoms with Crippen LogP contribution in [0.2, 0.25) is 5.02 Å². The Morgan fingerprint density at radius 2 is 1.62 bits per heavy atom. The van der Waals surface area contributed by atoms with Crippen LogP contribution in [0.25, 0.3) is 0 Å². The molecule has 9 heteroatoms. The predicted molar refractivity (Wildman–Crippen MR) is 157 cm³/mol. The first-order chi connectivity index (χ1) is 18.5. The minimum Gasteiger partial charge on any atom is -0.357 e. The Bertz CT molecular complexity index is 1380. The van der Waals surface area contributed by atoms with Crippen LogP contribution in [0.5, 0.6) is 0 Å². The Morgan fingerprint density at radius 1 is 0.949 bits per heavy atom. The lowest BCUT2D eigenvalue weighted by atomic mass is 10.0. The van der Waals surface area contributed by atoms with Crippen molar-refractivity contribution in [1.82, 2.24) is 10.2 Å². The molecule has 0 aliphatic carbocycles. The summed E-state index contributed by atoms with van der Waals surface area (Å²) in [4.78, 5) is 28.4. The highest BCUT2D eigenvalue weighted by atomic mass is 35.5. The van der Waals surface area contributed by atoms with Gasteiger partial charge >= 0.3 is 0 Å². The number of hydrogen-bond acceptors (Lipinski definition) is 4. The second kappa shape index (κ2) is 13.6. The molecule has 0 bridgehead atoms. The van der Waals surface area contributed by atoms with Gasteiger partial charge < -0.3 is 10.2 Å². The lowest BCUT2D eigenvalue weighted by molar-refractivity contribution is -0.141. The molecule has 0 fully saturated rings. The van der Waals surface area contributed by atoms with E-state index < -0.39 is 16.1 Å². The SMILES string of the molecule is CNC(=O)[C@@H](Cc1ccccc1)N(Cc1ccc(C)cc1)C(=O)CCCN(c1cc(Cl)ccc1C)S(C)(=O)=O. The fraction of sp³-hybridized carbons (Fsp3) is 0.333. The van der Waals surface area contributed by atoms with Gasteiger partial charge in [0.05, 0.1) is 11.9 Å². The molecule has 2 amide bonds. The highest BCUT2D eigenvalue weighted by Crippen LogP contribution is 2.27. The number of sulfonamides is 1. The molecule has 0 radical (unpaired) electrons. The number of carbonyl (C=O) groups excluding carboxylic acids is 2. The Hall–Kier alpha value is -3.36. The summed E-state index contributed by atoms with van der Waals surface area (Å²) in [6.07, 6.45) is 1.84. The number of rotatable bonds is 12. The number of amides is 2. The van der Waals surface area contributed by atoms with E-state index in [1.54, 1.807) is 30.1 Å². The summed E-state index contributed by atoms with van der Waals surface area (Å²) in [5.41, 5.74) is 4.19. The number of anilines is 1. The van der Waals surface area contributed by atoms with Crippen molar-refractivity contribution < 1.29 is 18.0 Å². The molecule has 0 aromatic heterocycles. The van der Waals surface area contributed by atoms with Crippen molar-refractivity contribution in [1.29, 1.82) is 0 Å². The average Bonchev–Trinajstić information content (AvgIpc) is 2.90. The summed E-state index contributed by atoms with van der Waals surface area (Å²) in [6, 6.07) is 21.8. The maximum absolute atomic E-state index is 13.7. The Morgan fingerprint density at radius 3 is 2.23 bits per heavy atom. The van der Waals surface area contributed by atoms with Crippen LogP contribution in [-0.2, 0) is 32.6 Å². The van der Waals surface area contributed by atoms with Crippen LogP contribution in [0.15, 0.2) is 72.8 Å². The van der Waals surface area contributed by atoms with Crippen molar-refractivity contribution in [3.8, 4) is 0 Å². The zero-order valence-corrected chi connectivity index (χ0v) is 24.4. The van der Waals surface area contributed by atoms with Gasteiger partial charge in [-0.1, -0.05) is 77.8 Å². The van der Waals surface area contributed by atoms with E-state index in [2.05, 4.69) is 5.32 Å². The minimum atomic E-state index is -3.62. The van der Waals surface area contributed by atoms with Crippen LogP contribution in [0.1, 0.15) is 35.1 Å². The molecule has 0 unspecified atom stereocenters. The molecule has 7 nitrogen and oxygen atoms in total. The second-order valence-electron chi connectivity index (χ2n) is 9.70. The van der Waals surface area contributed by atoms with Gasteiger partial charge in [0.2, 0.25) is 21.8 Å². The Labute approximate surface area is 236 Å². The van der Waals surface area contributed by atoms with Crippen LogP contribution >= 0.6 is 11.6 Å². The molecule has 0 saturated carbocycles. The Balaban J connectivity index is 1.86. The fourth-order valence-electron chi connectivity index (χ4n) is 4.44. The maximum Gasteiger partial charge on any atom is 0.242 e. The fourth-order valence-corrected chi connectivity index (χ4v) is 5.63. The van der Waals surface area contributed by atoms with Gasteiger partial charge in [-0.2, -0.15) is 0 Å².